The van der Waals surface area contributed by atoms with Crippen LogP contribution in [0, 0.1) is 0 Å². The number of carbonyl (C=O) groups excluding carboxylic acids is 1. The van der Waals surface area contributed by atoms with Gasteiger partial charge >= 0.3 is 0 Å². The molecule has 16 heavy (non-hydrogen) atoms. The number of rotatable bonds is 5. The molecule has 0 saturated heterocycles. The third kappa shape index (κ3) is 2.62. The molecule has 0 unspecified atom stereocenters. The average Bonchev–Trinajstić information content (AvgIpc) is 2.56. The number of anilines is 1. The van der Waals surface area contributed by atoms with Crippen molar-refractivity contribution in [2.45, 2.75) is 18.1 Å². The Labute approximate surface area is 104 Å². The van der Waals surface area contributed by atoms with Gasteiger partial charge in [0.25, 0.3) is 5.91 Å². The lowest BCUT2D eigenvalue weighted by molar-refractivity contribution is 0.0960. The summed E-state index contributed by atoms with van der Waals surface area (Å²) in [6.07, 6.45) is 0. The molecule has 3 N–H and O–H groups in total. The van der Waals surface area contributed by atoms with E-state index in [4.69, 9.17) is 10.5 Å². The molecule has 0 atom stereocenters. The van der Waals surface area contributed by atoms with Gasteiger partial charge in [-0.2, -0.15) is 0 Å². The van der Waals surface area contributed by atoms with Crippen molar-refractivity contribution in [3.63, 3.8) is 0 Å². The third-order valence-corrected chi connectivity index (χ3v) is 4.21. The number of hydrogen-bond donors (Lipinski definition) is 2. The normalized spacial score (nSPS) is 10.2. The van der Waals surface area contributed by atoms with Gasteiger partial charge in [0.1, 0.15) is 9.09 Å². The number of carbonyl (C=O) groups is 1. The molecule has 0 fully saturated rings. The quantitative estimate of drug-likeness (QED) is 0.797. The van der Waals surface area contributed by atoms with Gasteiger partial charge < -0.3 is 15.8 Å². The van der Waals surface area contributed by atoms with Gasteiger partial charge in [0.2, 0.25) is 0 Å². The Kier molecular flexibility index (Phi) is 4.95. The van der Waals surface area contributed by atoms with E-state index < -0.39 is 0 Å². The molecule has 0 aliphatic heterocycles. The molecule has 4 nitrogen and oxygen atoms in total. The minimum atomic E-state index is -0.133. The first-order valence-corrected chi connectivity index (χ1v) is 6.83. The summed E-state index contributed by atoms with van der Waals surface area (Å²) in [6.45, 7) is 4.52. The van der Waals surface area contributed by atoms with Crippen molar-refractivity contribution in [1.82, 2.24) is 5.32 Å². The second kappa shape index (κ2) is 6.00. The van der Waals surface area contributed by atoms with E-state index in [2.05, 4.69) is 5.32 Å². The van der Waals surface area contributed by atoms with Crippen LogP contribution in [0.5, 0.6) is 5.75 Å². The van der Waals surface area contributed by atoms with E-state index in [0.717, 1.165) is 9.96 Å². The smallest absolute Gasteiger partial charge is 0.263 e. The highest BCUT2D eigenvalue weighted by Gasteiger charge is 2.21. The van der Waals surface area contributed by atoms with Crippen LogP contribution in [0.15, 0.2) is 4.21 Å². The van der Waals surface area contributed by atoms with Crippen LogP contribution < -0.4 is 15.8 Å². The molecule has 0 aromatic carbocycles. The van der Waals surface area contributed by atoms with Gasteiger partial charge in [0, 0.05) is 6.54 Å². The number of thioether (sulfide) groups is 1. The monoisotopic (exact) mass is 260 g/mol. The second-order valence-electron chi connectivity index (χ2n) is 2.96. The van der Waals surface area contributed by atoms with E-state index in [1.165, 1.54) is 11.3 Å². The average molecular weight is 260 g/mol. The predicted octanol–water partition coefficient (Wildman–Crippen LogP) is 2.20. The zero-order valence-corrected chi connectivity index (χ0v) is 11.3. The molecule has 0 spiro atoms. The lowest BCUT2D eigenvalue weighted by Crippen LogP contribution is -2.22. The second-order valence-corrected chi connectivity index (χ2v) is 5.51. The molecule has 0 saturated carbocycles. The molecule has 1 rings (SSSR count). The Morgan fingerprint density at radius 2 is 2.25 bits per heavy atom. The van der Waals surface area contributed by atoms with Gasteiger partial charge in [0.05, 0.1) is 12.8 Å². The van der Waals surface area contributed by atoms with Crippen LogP contribution in [0.3, 0.4) is 0 Å². The first-order chi connectivity index (χ1) is 7.65. The molecule has 0 radical (unpaired) electrons. The van der Waals surface area contributed by atoms with E-state index in [-0.39, 0.29) is 5.91 Å². The lowest BCUT2D eigenvalue weighted by Gasteiger charge is -2.02. The number of thiophene rings is 1. The van der Waals surface area contributed by atoms with Crippen molar-refractivity contribution in [2.24, 2.45) is 0 Å². The maximum atomic E-state index is 11.7. The molecular formula is C10H16N2O2S2. The first kappa shape index (κ1) is 13.2. The van der Waals surface area contributed by atoms with Gasteiger partial charge in [-0.3, -0.25) is 4.79 Å². The fourth-order valence-corrected chi connectivity index (χ4v) is 3.50. The Morgan fingerprint density at radius 1 is 1.56 bits per heavy atom. The number of amides is 1. The SMILES string of the molecule is CCNC(=O)c1sc(SCC)c(OC)c1N. The Balaban J connectivity index is 3.06. The number of nitrogens with two attached hydrogens (primary N) is 1. The maximum absolute atomic E-state index is 11.7. The fraction of sp³-hybridized carbons (Fsp3) is 0.500. The van der Waals surface area contributed by atoms with Crippen LogP contribution in [0.2, 0.25) is 0 Å². The number of ether oxygens (including phenoxy) is 1. The maximum Gasteiger partial charge on any atom is 0.263 e. The van der Waals surface area contributed by atoms with Crippen LogP contribution in [-0.2, 0) is 0 Å². The molecule has 90 valence electrons. The summed E-state index contributed by atoms with van der Waals surface area (Å²) in [6, 6.07) is 0. The summed E-state index contributed by atoms with van der Waals surface area (Å²) in [5.74, 6) is 1.41. The largest absolute Gasteiger partial charge is 0.492 e. The summed E-state index contributed by atoms with van der Waals surface area (Å²) in [4.78, 5) is 12.2. The van der Waals surface area contributed by atoms with E-state index >= 15 is 0 Å². The van der Waals surface area contributed by atoms with Gasteiger partial charge in [0.15, 0.2) is 5.75 Å². The summed E-state index contributed by atoms with van der Waals surface area (Å²) < 4.78 is 6.18. The summed E-state index contributed by atoms with van der Waals surface area (Å²) in [5.41, 5.74) is 6.33. The Bertz CT molecular complexity index is 377. The third-order valence-electron chi connectivity index (χ3n) is 1.89. The Morgan fingerprint density at radius 3 is 2.75 bits per heavy atom. The zero-order valence-electron chi connectivity index (χ0n) is 9.62. The van der Waals surface area contributed by atoms with E-state index in [0.29, 0.717) is 22.9 Å². The van der Waals surface area contributed by atoms with Crippen molar-refractivity contribution in [1.29, 1.82) is 0 Å². The molecule has 1 aromatic rings. The van der Waals surface area contributed by atoms with E-state index in [9.17, 15) is 4.79 Å². The van der Waals surface area contributed by atoms with Crippen molar-refractivity contribution < 1.29 is 9.53 Å². The number of methoxy groups -OCH3 is 1. The van der Waals surface area contributed by atoms with Crippen LogP contribution in [-0.4, -0.2) is 25.3 Å². The van der Waals surface area contributed by atoms with Crippen LogP contribution in [0.25, 0.3) is 0 Å². The zero-order chi connectivity index (χ0) is 12.1. The molecule has 0 bridgehead atoms. The summed E-state index contributed by atoms with van der Waals surface area (Å²) >= 11 is 3.01. The molecule has 6 heteroatoms. The number of hydrogen-bond acceptors (Lipinski definition) is 5. The standard InChI is InChI=1S/C10H16N2O2S2/c1-4-12-9(13)8-6(11)7(14-3)10(16-8)15-5-2/h4-5,11H2,1-3H3,(H,12,13). The van der Waals surface area contributed by atoms with Gasteiger partial charge in [-0.05, 0) is 12.7 Å². The lowest BCUT2D eigenvalue weighted by atomic mass is 10.3. The van der Waals surface area contributed by atoms with Crippen LogP contribution in [0.1, 0.15) is 23.5 Å². The predicted molar refractivity (Wildman–Crippen MR) is 69.7 cm³/mol. The highest BCUT2D eigenvalue weighted by molar-refractivity contribution is 8.01. The first-order valence-electron chi connectivity index (χ1n) is 5.02. The molecule has 1 heterocycles. The minimum absolute atomic E-state index is 0.133. The Hall–Kier alpha value is -0.880. The number of nitrogen functional groups attached to an aromatic ring is 1. The van der Waals surface area contributed by atoms with Crippen molar-refractivity contribution in [3.05, 3.63) is 4.88 Å². The van der Waals surface area contributed by atoms with Gasteiger partial charge in [-0.15, -0.1) is 23.1 Å². The molecular weight excluding hydrogens is 244 g/mol. The van der Waals surface area contributed by atoms with Crippen LogP contribution >= 0.6 is 23.1 Å². The number of nitrogens with one attached hydrogen (secondary N) is 1. The highest BCUT2D eigenvalue weighted by atomic mass is 32.2. The highest BCUT2D eigenvalue weighted by Crippen LogP contribution is 2.43. The molecule has 0 aliphatic carbocycles. The van der Waals surface area contributed by atoms with Gasteiger partial charge in [-0.25, -0.2) is 0 Å². The summed E-state index contributed by atoms with van der Waals surface area (Å²) in [7, 11) is 1.57. The molecule has 0 aliphatic rings. The minimum Gasteiger partial charge on any atom is -0.492 e. The molecule has 1 amide bonds. The van der Waals surface area contributed by atoms with Crippen molar-refractivity contribution >= 4 is 34.7 Å². The van der Waals surface area contributed by atoms with Crippen LogP contribution in [0.4, 0.5) is 5.69 Å². The topological polar surface area (TPSA) is 64.3 Å². The molecule has 1 aromatic heterocycles. The van der Waals surface area contributed by atoms with Crippen molar-refractivity contribution in [3.8, 4) is 5.75 Å². The summed E-state index contributed by atoms with van der Waals surface area (Å²) in [5, 5.41) is 2.74. The fourth-order valence-electron chi connectivity index (χ4n) is 1.24. The van der Waals surface area contributed by atoms with Crippen molar-refractivity contribution in [2.75, 3.05) is 25.1 Å². The van der Waals surface area contributed by atoms with E-state index in [1.54, 1.807) is 18.9 Å². The van der Waals surface area contributed by atoms with E-state index in [1.807, 2.05) is 13.8 Å². The van der Waals surface area contributed by atoms with Gasteiger partial charge in [-0.1, -0.05) is 6.92 Å².